The van der Waals surface area contributed by atoms with Crippen molar-refractivity contribution < 1.29 is 14.6 Å². The maximum Gasteiger partial charge on any atom is 0.334 e. The van der Waals surface area contributed by atoms with Gasteiger partial charge in [-0.3, -0.25) is 0 Å². The zero-order chi connectivity index (χ0) is 13.1. The van der Waals surface area contributed by atoms with Crippen LogP contribution in [0.15, 0.2) is 23.3 Å². The van der Waals surface area contributed by atoms with Crippen molar-refractivity contribution >= 4 is 5.97 Å². The van der Waals surface area contributed by atoms with Gasteiger partial charge in [0.05, 0.1) is 6.10 Å². The highest BCUT2D eigenvalue weighted by molar-refractivity contribution is 5.91. The van der Waals surface area contributed by atoms with Crippen LogP contribution in [0.2, 0.25) is 0 Å². The van der Waals surface area contributed by atoms with E-state index in [1.165, 1.54) is 5.57 Å². The minimum atomic E-state index is -0.311. The van der Waals surface area contributed by atoms with Crippen LogP contribution in [0, 0.1) is 11.3 Å². The third-order valence-corrected chi connectivity index (χ3v) is 5.26. The van der Waals surface area contributed by atoms with Crippen molar-refractivity contribution in [1.82, 2.24) is 0 Å². The summed E-state index contributed by atoms with van der Waals surface area (Å²) in [7, 11) is 0. The van der Waals surface area contributed by atoms with Gasteiger partial charge in [-0.25, -0.2) is 4.79 Å². The molecule has 2 fully saturated rings. The van der Waals surface area contributed by atoms with Gasteiger partial charge in [0.25, 0.3) is 0 Å². The highest BCUT2D eigenvalue weighted by atomic mass is 16.5. The lowest BCUT2D eigenvalue weighted by molar-refractivity contribution is -0.144. The lowest BCUT2D eigenvalue weighted by Gasteiger charge is -2.51. The highest BCUT2D eigenvalue weighted by Gasteiger charge is 2.53. The summed E-state index contributed by atoms with van der Waals surface area (Å²) in [5, 5.41) is 10.3. The van der Waals surface area contributed by atoms with Crippen molar-refractivity contribution in [2.45, 2.75) is 51.7 Å². The van der Waals surface area contributed by atoms with Gasteiger partial charge in [0.15, 0.2) is 0 Å². The van der Waals surface area contributed by atoms with Gasteiger partial charge in [0.1, 0.15) is 6.10 Å². The van der Waals surface area contributed by atoms with E-state index in [1.807, 2.05) is 6.92 Å². The maximum absolute atomic E-state index is 11.6. The molecule has 2 saturated carbocycles. The predicted molar refractivity (Wildman–Crippen MR) is 67.8 cm³/mol. The van der Waals surface area contributed by atoms with Crippen molar-refractivity contribution in [2.75, 3.05) is 0 Å². The zero-order valence-corrected chi connectivity index (χ0v) is 11.0. The fraction of sp³-hybridized carbons (Fsp3) is 0.667. The van der Waals surface area contributed by atoms with Crippen molar-refractivity contribution in [2.24, 2.45) is 11.3 Å². The number of carbonyl (C=O) groups is 1. The minimum absolute atomic E-state index is 0.112. The second-order valence-corrected chi connectivity index (χ2v) is 6.22. The number of allylic oxidation sites excluding steroid dienone is 1. The van der Waals surface area contributed by atoms with Crippen molar-refractivity contribution in [3.63, 3.8) is 0 Å². The third-order valence-electron chi connectivity index (χ3n) is 5.26. The van der Waals surface area contributed by atoms with Crippen LogP contribution in [-0.4, -0.2) is 23.3 Å². The van der Waals surface area contributed by atoms with E-state index in [1.54, 1.807) is 0 Å². The van der Waals surface area contributed by atoms with Crippen LogP contribution in [0.3, 0.4) is 0 Å². The van der Waals surface area contributed by atoms with Crippen LogP contribution in [0.25, 0.3) is 0 Å². The molecule has 0 radical (unpaired) electrons. The van der Waals surface area contributed by atoms with Gasteiger partial charge in [0.2, 0.25) is 0 Å². The molecule has 18 heavy (non-hydrogen) atoms. The molecule has 3 nitrogen and oxygen atoms in total. The normalized spacial score (nSPS) is 43.6. The maximum atomic E-state index is 11.6. The summed E-state index contributed by atoms with van der Waals surface area (Å²) in [6.07, 6.45) is 2.82. The average molecular weight is 248 g/mol. The first kappa shape index (κ1) is 12.0. The molecule has 0 saturated heterocycles. The molecule has 2 aliphatic carbocycles. The molecule has 3 rings (SSSR count). The van der Waals surface area contributed by atoms with E-state index in [0.717, 1.165) is 36.8 Å². The van der Waals surface area contributed by atoms with Gasteiger partial charge >= 0.3 is 5.97 Å². The Morgan fingerprint density at radius 3 is 2.94 bits per heavy atom. The fourth-order valence-electron chi connectivity index (χ4n) is 3.91. The summed E-state index contributed by atoms with van der Waals surface area (Å²) in [6, 6.07) is 0. The van der Waals surface area contributed by atoms with E-state index < -0.39 is 0 Å². The molecule has 0 amide bonds. The number of aliphatic hydroxyl groups is 1. The Labute approximate surface area is 108 Å². The molecule has 1 N–H and O–H groups in total. The summed E-state index contributed by atoms with van der Waals surface area (Å²) in [4.78, 5) is 11.6. The number of fused-ring (bicyclic) bond motifs is 2. The predicted octanol–water partition coefficient (Wildman–Crippen LogP) is 2.36. The SMILES string of the molecule is C=C1CC[C@H](O)[C@@]2(C)C[C@@H]3OC(=O)C(C)=C3C[C@@H]12. The Morgan fingerprint density at radius 2 is 2.22 bits per heavy atom. The number of rotatable bonds is 0. The fourth-order valence-corrected chi connectivity index (χ4v) is 3.91. The smallest absolute Gasteiger partial charge is 0.334 e. The van der Waals surface area contributed by atoms with E-state index in [2.05, 4.69) is 13.5 Å². The Bertz CT molecular complexity index is 462. The Kier molecular flexibility index (Phi) is 2.46. The summed E-state index contributed by atoms with van der Waals surface area (Å²) < 4.78 is 5.42. The van der Waals surface area contributed by atoms with Gasteiger partial charge in [-0.05, 0) is 44.1 Å². The first-order valence-electron chi connectivity index (χ1n) is 6.70. The minimum Gasteiger partial charge on any atom is -0.454 e. The largest absolute Gasteiger partial charge is 0.454 e. The molecule has 0 spiro atoms. The van der Waals surface area contributed by atoms with Crippen LogP contribution < -0.4 is 0 Å². The lowest BCUT2D eigenvalue weighted by atomic mass is 9.56. The molecular formula is C15H20O3. The molecule has 1 aliphatic heterocycles. The van der Waals surface area contributed by atoms with Gasteiger partial charge < -0.3 is 9.84 Å². The summed E-state index contributed by atoms with van der Waals surface area (Å²) in [6.45, 7) is 8.14. The van der Waals surface area contributed by atoms with Crippen LogP contribution in [-0.2, 0) is 9.53 Å². The summed E-state index contributed by atoms with van der Waals surface area (Å²) >= 11 is 0. The Hall–Kier alpha value is -1.09. The lowest BCUT2D eigenvalue weighted by Crippen LogP contribution is -2.49. The van der Waals surface area contributed by atoms with E-state index in [4.69, 9.17) is 4.74 Å². The first-order chi connectivity index (χ1) is 8.43. The summed E-state index contributed by atoms with van der Waals surface area (Å²) in [5.74, 6) is 0.106. The van der Waals surface area contributed by atoms with Crippen molar-refractivity contribution in [3.05, 3.63) is 23.3 Å². The molecule has 0 aromatic heterocycles. The van der Waals surface area contributed by atoms with Crippen LogP contribution in [0.1, 0.15) is 39.5 Å². The number of hydrogen-bond acceptors (Lipinski definition) is 3. The number of carbonyl (C=O) groups excluding carboxylic acids is 1. The average Bonchev–Trinajstić information content (AvgIpc) is 2.58. The molecule has 3 heteroatoms. The molecular weight excluding hydrogens is 228 g/mol. The monoisotopic (exact) mass is 248 g/mol. The third kappa shape index (κ3) is 1.43. The van der Waals surface area contributed by atoms with Crippen molar-refractivity contribution in [1.29, 1.82) is 0 Å². The van der Waals surface area contributed by atoms with Gasteiger partial charge in [-0.1, -0.05) is 19.1 Å². The number of esters is 1. The molecule has 98 valence electrons. The van der Waals surface area contributed by atoms with Crippen LogP contribution >= 0.6 is 0 Å². The van der Waals surface area contributed by atoms with Gasteiger partial charge in [0, 0.05) is 11.0 Å². The molecule has 0 aromatic carbocycles. The molecule has 0 aromatic rings. The van der Waals surface area contributed by atoms with Crippen molar-refractivity contribution in [3.8, 4) is 0 Å². The first-order valence-corrected chi connectivity index (χ1v) is 6.70. The molecule has 3 aliphatic rings. The molecule has 1 heterocycles. The quantitative estimate of drug-likeness (QED) is 0.529. The van der Waals surface area contributed by atoms with E-state index >= 15 is 0 Å². The number of hydrogen-bond donors (Lipinski definition) is 1. The molecule has 0 unspecified atom stereocenters. The second-order valence-electron chi connectivity index (χ2n) is 6.22. The number of ether oxygens (including phenoxy) is 1. The molecule has 4 atom stereocenters. The zero-order valence-electron chi connectivity index (χ0n) is 11.0. The molecule has 0 bridgehead atoms. The van der Waals surface area contributed by atoms with Crippen LogP contribution in [0.5, 0.6) is 0 Å². The number of aliphatic hydroxyl groups excluding tert-OH is 1. The highest BCUT2D eigenvalue weighted by Crippen LogP contribution is 2.55. The van der Waals surface area contributed by atoms with E-state index in [-0.39, 0.29) is 29.5 Å². The van der Waals surface area contributed by atoms with Gasteiger partial charge in [-0.15, -0.1) is 0 Å². The summed E-state index contributed by atoms with van der Waals surface area (Å²) in [5.41, 5.74) is 2.95. The topological polar surface area (TPSA) is 46.5 Å². The standard InChI is InChI=1S/C15H20O3/c1-8-4-5-13(16)15(3)7-12-10(6-11(8)15)9(2)14(17)18-12/h11-13,16H,1,4-7H2,2-3H3/t11-,12-,13-,15-/m0/s1. The van der Waals surface area contributed by atoms with Gasteiger partial charge in [-0.2, -0.15) is 0 Å². The van der Waals surface area contributed by atoms with E-state index in [0.29, 0.717) is 0 Å². The second kappa shape index (κ2) is 3.70. The Balaban J connectivity index is 1.99. The van der Waals surface area contributed by atoms with E-state index in [9.17, 15) is 9.90 Å². The Morgan fingerprint density at radius 1 is 1.50 bits per heavy atom. The van der Waals surface area contributed by atoms with Crippen LogP contribution in [0.4, 0.5) is 0 Å².